The molecular formula is C9H18O4. The molecule has 1 unspecified atom stereocenters. The van der Waals surface area contributed by atoms with Crippen LogP contribution in [0.25, 0.3) is 0 Å². The molecule has 0 aromatic carbocycles. The summed E-state index contributed by atoms with van der Waals surface area (Å²) in [5.74, 6) is 0. The van der Waals surface area contributed by atoms with Crippen LogP contribution in [-0.4, -0.2) is 39.8 Å². The Morgan fingerprint density at radius 2 is 1.77 bits per heavy atom. The van der Waals surface area contributed by atoms with Crippen molar-refractivity contribution in [2.75, 3.05) is 33.5 Å². The Bertz CT molecular complexity index is 116. The highest BCUT2D eigenvalue weighted by Gasteiger charge is 2.00. The molecule has 0 amide bonds. The normalized spacial score (nSPS) is 12.5. The molecule has 13 heavy (non-hydrogen) atoms. The molecular weight excluding hydrogens is 172 g/mol. The first-order valence-corrected chi connectivity index (χ1v) is 4.26. The fraction of sp³-hybridized carbons (Fsp3) is 0.778. The van der Waals surface area contributed by atoms with Crippen molar-refractivity contribution >= 4 is 0 Å². The van der Waals surface area contributed by atoms with E-state index in [0.717, 1.165) is 0 Å². The Hall–Kier alpha value is -0.580. The zero-order valence-corrected chi connectivity index (χ0v) is 8.32. The van der Waals surface area contributed by atoms with Crippen molar-refractivity contribution in [1.29, 1.82) is 0 Å². The predicted molar refractivity (Wildman–Crippen MR) is 49.4 cm³/mol. The highest BCUT2D eigenvalue weighted by molar-refractivity contribution is 4.47. The highest BCUT2D eigenvalue weighted by Crippen LogP contribution is 1.93. The minimum atomic E-state index is -0.219. The average molecular weight is 190 g/mol. The number of methoxy groups -OCH3 is 1. The molecule has 0 aliphatic rings. The molecule has 0 fully saturated rings. The summed E-state index contributed by atoms with van der Waals surface area (Å²) in [5, 5.41) is 0. The first kappa shape index (κ1) is 12.4. The number of rotatable bonds is 9. The van der Waals surface area contributed by atoms with Gasteiger partial charge in [0.1, 0.15) is 6.61 Å². The molecule has 0 aromatic heterocycles. The molecule has 0 aliphatic carbocycles. The largest absolute Gasteiger partial charge is 0.499 e. The molecule has 0 aromatic rings. The van der Waals surface area contributed by atoms with Crippen LogP contribution >= 0.6 is 0 Å². The minimum absolute atomic E-state index is 0.219. The van der Waals surface area contributed by atoms with Gasteiger partial charge in [-0.15, -0.1) is 0 Å². The Labute approximate surface area is 79.4 Å². The Morgan fingerprint density at radius 1 is 1.15 bits per heavy atom. The van der Waals surface area contributed by atoms with E-state index in [1.807, 2.05) is 6.92 Å². The lowest BCUT2D eigenvalue weighted by Gasteiger charge is -2.13. The van der Waals surface area contributed by atoms with Gasteiger partial charge >= 0.3 is 0 Å². The van der Waals surface area contributed by atoms with Crippen molar-refractivity contribution in [2.24, 2.45) is 0 Å². The van der Waals surface area contributed by atoms with Crippen LogP contribution in [0.5, 0.6) is 0 Å². The topological polar surface area (TPSA) is 36.9 Å². The van der Waals surface area contributed by atoms with E-state index in [2.05, 4.69) is 6.58 Å². The number of hydrogen-bond donors (Lipinski definition) is 0. The number of hydrogen-bond acceptors (Lipinski definition) is 4. The molecule has 0 bridgehead atoms. The summed E-state index contributed by atoms with van der Waals surface area (Å²) in [4.78, 5) is 0. The summed E-state index contributed by atoms with van der Waals surface area (Å²) < 4.78 is 20.2. The molecule has 0 N–H and O–H groups in total. The predicted octanol–water partition coefficient (Wildman–Crippen LogP) is 1.17. The van der Waals surface area contributed by atoms with Crippen LogP contribution in [0.1, 0.15) is 6.92 Å². The second kappa shape index (κ2) is 9.51. The Kier molecular flexibility index (Phi) is 9.08. The van der Waals surface area contributed by atoms with Crippen LogP contribution in [0.15, 0.2) is 12.8 Å². The second-order valence-corrected chi connectivity index (χ2v) is 2.34. The van der Waals surface area contributed by atoms with E-state index in [-0.39, 0.29) is 6.29 Å². The van der Waals surface area contributed by atoms with Gasteiger partial charge in [-0.25, -0.2) is 0 Å². The van der Waals surface area contributed by atoms with Crippen LogP contribution in [0.4, 0.5) is 0 Å². The number of ether oxygens (including phenoxy) is 4. The van der Waals surface area contributed by atoms with Gasteiger partial charge in [-0.2, -0.15) is 0 Å². The summed E-state index contributed by atoms with van der Waals surface area (Å²) in [7, 11) is 1.63. The van der Waals surface area contributed by atoms with E-state index in [0.29, 0.717) is 26.4 Å². The summed E-state index contributed by atoms with van der Waals surface area (Å²) in [6.45, 7) is 7.37. The molecule has 4 heteroatoms. The maximum absolute atomic E-state index is 5.24. The van der Waals surface area contributed by atoms with E-state index < -0.39 is 0 Å². The lowest BCUT2D eigenvalue weighted by Crippen LogP contribution is -2.18. The van der Waals surface area contributed by atoms with Gasteiger partial charge in [-0.05, 0) is 6.92 Å². The Morgan fingerprint density at radius 3 is 2.31 bits per heavy atom. The van der Waals surface area contributed by atoms with Crippen molar-refractivity contribution < 1.29 is 18.9 Å². The SMILES string of the molecule is C=COCCOC(C)OCCOC. The van der Waals surface area contributed by atoms with Crippen LogP contribution in [0.3, 0.4) is 0 Å². The van der Waals surface area contributed by atoms with Gasteiger partial charge in [-0.3, -0.25) is 0 Å². The molecule has 4 nitrogen and oxygen atoms in total. The van der Waals surface area contributed by atoms with Crippen LogP contribution in [-0.2, 0) is 18.9 Å². The van der Waals surface area contributed by atoms with Gasteiger partial charge in [0.25, 0.3) is 0 Å². The van der Waals surface area contributed by atoms with Crippen molar-refractivity contribution in [1.82, 2.24) is 0 Å². The van der Waals surface area contributed by atoms with Crippen LogP contribution in [0, 0.1) is 0 Å². The quantitative estimate of drug-likeness (QED) is 0.311. The summed E-state index contributed by atoms with van der Waals surface area (Å²) >= 11 is 0. The maximum Gasteiger partial charge on any atom is 0.155 e. The van der Waals surface area contributed by atoms with Gasteiger partial charge in [0, 0.05) is 7.11 Å². The fourth-order valence-electron chi connectivity index (χ4n) is 0.691. The standard InChI is InChI=1S/C9H18O4/c1-4-11-6-8-13-9(2)12-7-5-10-3/h4,9H,1,5-8H2,2-3H3. The summed E-state index contributed by atoms with van der Waals surface area (Å²) in [6, 6.07) is 0. The van der Waals surface area contributed by atoms with Crippen LogP contribution < -0.4 is 0 Å². The molecule has 0 heterocycles. The molecule has 0 radical (unpaired) electrons. The lowest BCUT2D eigenvalue weighted by molar-refractivity contribution is -0.142. The van der Waals surface area contributed by atoms with Crippen molar-refractivity contribution in [2.45, 2.75) is 13.2 Å². The first-order valence-electron chi connectivity index (χ1n) is 4.26. The third-order valence-electron chi connectivity index (χ3n) is 1.31. The van der Waals surface area contributed by atoms with Gasteiger partial charge in [0.15, 0.2) is 6.29 Å². The minimum Gasteiger partial charge on any atom is -0.499 e. The fourth-order valence-corrected chi connectivity index (χ4v) is 0.691. The third kappa shape index (κ3) is 9.33. The zero-order chi connectivity index (χ0) is 9.94. The van der Waals surface area contributed by atoms with Crippen molar-refractivity contribution in [3.8, 4) is 0 Å². The third-order valence-corrected chi connectivity index (χ3v) is 1.31. The van der Waals surface area contributed by atoms with E-state index in [4.69, 9.17) is 18.9 Å². The van der Waals surface area contributed by atoms with Gasteiger partial charge < -0.3 is 18.9 Å². The first-order chi connectivity index (χ1) is 6.31. The smallest absolute Gasteiger partial charge is 0.155 e. The zero-order valence-electron chi connectivity index (χ0n) is 8.32. The van der Waals surface area contributed by atoms with Crippen molar-refractivity contribution in [3.05, 3.63) is 12.8 Å². The molecule has 0 aliphatic heterocycles. The molecule has 1 atom stereocenters. The monoisotopic (exact) mass is 190 g/mol. The van der Waals surface area contributed by atoms with E-state index in [1.54, 1.807) is 7.11 Å². The van der Waals surface area contributed by atoms with Gasteiger partial charge in [0.05, 0.1) is 26.1 Å². The second-order valence-electron chi connectivity index (χ2n) is 2.34. The van der Waals surface area contributed by atoms with E-state index >= 15 is 0 Å². The lowest BCUT2D eigenvalue weighted by atomic mass is 10.7. The molecule has 0 spiro atoms. The maximum atomic E-state index is 5.24. The van der Waals surface area contributed by atoms with Gasteiger partial charge in [-0.1, -0.05) is 6.58 Å². The Balaban J connectivity index is 3.09. The van der Waals surface area contributed by atoms with Crippen LogP contribution in [0.2, 0.25) is 0 Å². The molecule has 0 saturated heterocycles. The summed E-state index contributed by atoms with van der Waals surface area (Å²) in [6.07, 6.45) is 1.17. The molecule has 78 valence electrons. The molecule has 0 saturated carbocycles. The molecule has 0 rings (SSSR count). The van der Waals surface area contributed by atoms with Crippen molar-refractivity contribution in [3.63, 3.8) is 0 Å². The van der Waals surface area contributed by atoms with E-state index in [9.17, 15) is 0 Å². The van der Waals surface area contributed by atoms with E-state index in [1.165, 1.54) is 6.26 Å². The summed E-state index contributed by atoms with van der Waals surface area (Å²) in [5.41, 5.74) is 0. The highest BCUT2D eigenvalue weighted by atomic mass is 16.7. The average Bonchev–Trinajstić information content (AvgIpc) is 2.13. The van der Waals surface area contributed by atoms with Gasteiger partial charge in [0.2, 0.25) is 0 Å².